The average molecular weight is 472 g/mol. The summed E-state index contributed by atoms with van der Waals surface area (Å²) in [5, 5.41) is 15.4. The van der Waals surface area contributed by atoms with E-state index in [0.29, 0.717) is 30.2 Å². The van der Waals surface area contributed by atoms with Crippen LogP contribution in [-0.2, 0) is 0 Å². The lowest BCUT2D eigenvalue weighted by atomic mass is 9.29. The van der Waals surface area contributed by atoms with Gasteiger partial charge in [0.1, 0.15) is 12.4 Å². The van der Waals surface area contributed by atoms with E-state index >= 15 is 0 Å². The van der Waals surface area contributed by atoms with E-state index in [1.165, 1.54) is 0 Å². The molecule has 3 aliphatic carbocycles. The normalized spacial score (nSPS) is 36.8. The number of piperidine rings is 1. The molecule has 5 nitrogen and oxygen atoms in total. The molecule has 1 aromatic carbocycles. The molecule has 2 aromatic rings. The standard InChI is InChI=1S/C23H29ClF3N3O2/c1-13(2)30-12-28-18-5-16(4-17(24)19(18)30)32-8-15-7-22(31,6-14(3)29-15)20-9-21(10-20,11-20)23(25,26)27/h4-5,12-15,29,31H,6-11H2,1-3H3. The van der Waals surface area contributed by atoms with Crippen molar-refractivity contribution in [2.45, 2.75) is 82.8 Å². The first kappa shape index (κ1) is 22.3. The lowest BCUT2D eigenvalue weighted by Crippen LogP contribution is -2.78. The molecule has 6 rings (SSSR count). The van der Waals surface area contributed by atoms with Crippen LogP contribution < -0.4 is 10.1 Å². The van der Waals surface area contributed by atoms with E-state index in [4.69, 9.17) is 16.3 Å². The molecule has 2 heterocycles. The summed E-state index contributed by atoms with van der Waals surface area (Å²) in [7, 11) is 0. The summed E-state index contributed by atoms with van der Waals surface area (Å²) < 4.78 is 47.9. The Morgan fingerprint density at radius 1 is 1.28 bits per heavy atom. The minimum Gasteiger partial charge on any atom is -0.492 e. The highest BCUT2D eigenvalue weighted by Crippen LogP contribution is 2.82. The number of hydrogen-bond donors (Lipinski definition) is 2. The zero-order chi connectivity index (χ0) is 23.1. The maximum absolute atomic E-state index is 13.3. The Labute approximate surface area is 190 Å². The monoisotopic (exact) mass is 471 g/mol. The molecule has 176 valence electrons. The second kappa shape index (κ2) is 7.00. The first-order valence-corrected chi connectivity index (χ1v) is 11.6. The van der Waals surface area contributed by atoms with Crippen molar-refractivity contribution in [3.63, 3.8) is 0 Å². The van der Waals surface area contributed by atoms with E-state index in [2.05, 4.69) is 24.1 Å². The maximum Gasteiger partial charge on any atom is 0.394 e. The van der Waals surface area contributed by atoms with Crippen molar-refractivity contribution >= 4 is 22.6 Å². The van der Waals surface area contributed by atoms with Crippen LogP contribution in [0.2, 0.25) is 5.02 Å². The number of nitrogens with one attached hydrogen (secondary N) is 1. The molecule has 0 spiro atoms. The highest BCUT2D eigenvalue weighted by atomic mass is 35.5. The number of ether oxygens (including phenoxy) is 1. The number of rotatable bonds is 5. The van der Waals surface area contributed by atoms with Gasteiger partial charge in [0, 0.05) is 35.7 Å². The molecule has 4 aliphatic rings. The third-order valence-corrected chi connectivity index (χ3v) is 8.26. The summed E-state index contributed by atoms with van der Waals surface area (Å²) in [6, 6.07) is 3.65. The number of fused-ring (bicyclic) bond motifs is 1. The Hall–Kier alpha value is -1.51. The third-order valence-electron chi connectivity index (χ3n) is 7.97. The molecule has 0 radical (unpaired) electrons. The van der Waals surface area contributed by atoms with Gasteiger partial charge in [0.05, 0.1) is 33.4 Å². The first-order chi connectivity index (χ1) is 14.9. The quantitative estimate of drug-likeness (QED) is 0.625. The van der Waals surface area contributed by atoms with Crippen molar-refractivity contribution in [3.8, 4) is 5.75 Å². The molecule has 4 fully saturated rings. The highest BCUT2D eigenvalue weighted by Gasteiger charge is 2.83. The summed E-state index contributed by atoms with van der Waals surface area (Å²) in [6.07, 6.45) is -1.44. The zero-order valence-electron chi connectivity index (χ0n) is 18.5. The van der Waals surface area contributed by atoms with Gasteiger partial charge in [-0.3, -0.25) is 0 Å². The number of imidazole rings is 1. The van der Waals surface area contributed by atoms with Crippen LogP contribution in [0, 0.1) is 10.8 Å². The second-order valence-electron chi connectivity index (χ2n) is 10.6. The molecule has 1 saturated heterocycles. The predicted octanol–water partition coefficient (Wildman–Crippen LogP) is 5.25. The molecular weight excluding hydrogens is 443 g/mol. The van der Waals surface area contributed by atoms with Crippen LogP contribution in [-0.4, -0.2) is 45.1 Å². The number of aliphatic hydroxyl groups is 1. The molecule has 1 aromatic heterocycles. The van der Waals surface area contributed by atoms with E-state index in [9.17, 15) is 18.3 Å². The number of alkyl halides is 3. The number of hydrogen-bond acceptors (Lipinski definition) is 4. The fourth-order valence-corrected chi connectivity index (χ4v) is 6.71. The van der Waals surface area contributed by atoms with E-state index in [-0.39, 0.29) is 37.4 Å². The molecule has 1 aliphatic heterocycles. The van der Waals surface area contributed by atoms with Crippen molar-refractivity contribution in [1.29, 1.82) is 0 Å². The lowest BCUT2D eigenvalue weighted by molar-refractivity contribution is -0.403. The Morgan fingerprint density at radius 3 is 2.59 bits per heavy atom. The molecule has 3 unspecified atom stereocenters. The SMILES string of the molecule is CC1CC(O)(C23CC(C(F)(F)F)(C2)C3)CC(COc2cc(Cl)c3c(c2)ncn3C(C)C)N1. The van der Waals surface area contributed by atoms with Crippen LogP contribution >= 0.6 is 11.6 Å². The maximum atomic E-state index is 13.3. The summed E-state index contributed by atoms with van der Waals surface area (Å²) in [4.78, 5) is 4.42. The number of aromatic nitrogens is 2. The Morgan fingerprint density at radius 2 is 1.97 bits per heavy atom. The first-order valence-electron chi connectivity index (χ1n) is 11.2. The largest absolute Gasteiger partial charge is 0.492 e. The van der Waals surface area contributed by atoms with Crippen molar-refractivity contribution in [2.75, 3.05) is 6.61 Å². The fourth-order valence-electron chi connectivity index (χ4n) is 6.41. The summed E-state index contributed by atoms with van der Waals surface area (Å²) in [5.41, 5.74) is -1.67. The number of halogens is 4. The molecule has 3 saturated carbocycles. The van der Waals surface area contributed by atoms with Gasteiger partial charge in [-0.25, -0.2) is 4.98 Å². The van der Waals surface area contributed by atoms with Crippen LogP contribution in [0.4, 0.5) is 13.2 Å². The van der Waals surface area contributed by atoms with Crippen LogP contribution in [0.15, 0.2) is 18.5 Å². The van der Waals surface area contributed by atoms with Gasteiger partial charge in [0.25, 0.3) is 0 Å². The van der Waals surface area contributed by atoms with Crippen LogP contribution in [0.3, 0.4) is 0 Å². The predicted molar refractivity (Wildman–Crippen MR) is 116 cm³/mol. The molecule has 3 atom stereocenters. The summed E-state index contributed by atoms with van der Waals surface area (Å²) >= 11 is 6.50. The second-order valence-corrected chi connectivity index (χ2v) is 11.0. The molecule has 9 heteroatoms. The van der Waals surface area contributed by atoms with Gasteiger partial charge >= 0.3 is 6.18 Å². The molecule has 32 heavy (non-hydrogen) atoms. The minimum absolute atomic E-state index is 0.00831. The van der Waals surface area contributed by atoms with Gasteiger partial charge in [-0.05, 0) is 52.9 Å². The van der Waals surface area contributed by atoms with E-state index < -0.39 is 22.6 Å². The number of nitrogens with zero attached hydrogens (tertiary/aromatic N) is 2. The van der Waals surface area contributed by atoms with Gasteiger partial charge < -0.3 is 19.7 Å². The van der Waals surface area contributed by atoms with Crippen molar-refractivity contribution < 1.29 is 23.0 Å². The lowest BCUT2D eigenvalue weighted by Gasteiger charge is -2.76. The summed E-state index contributed by atoms with van der Waals surface area (Å²) in [5.74, 6) is 0.585. The van der Waals surface area contributed by atoms with Gasteiger partial charge in [-0.15, -0.1) is 0 Å². The Bertz CT molecular complexity index is 1030. The van der Waals surface area contributed by atoms with Crippen LogP contribution in [0.25, 0.3) is 11.0 Å². The van der Waals surface area contributed by atoms with E-state index in [1.807, 2.05) is 17.6 Å². The van der Waals surface area contributed by atoms with Crippen molar-refractivity contribution in [2.24, 2.45) is 10.8 Å². The zero-order valence-corrected chi connectivity index (χ0v) is 19.2. The molecular formula is C23H29ClF3N3O2. The minimum atomic E-state index is -4.17. The fraction of sp³-hybridized carbons (Fsp3) is 0.696. The Balaban J connectivity index is 1.28. The highest BCUT2D eigenvalue weighted by molar-refractivity contribution is 6.35. The van der Waals surface area contributed by atoms with Gasteiger partial charge in [0.2, 0.25) is 0 Å². The van der Waals surface area contributed by atoms with Crippen LogP contribution in [0.5, 0.6) is 5.75 Å². The van der Waals surface area contributed by atoms with E-state index in [0.717, 1.165) is 11.0 Å². The molecule has 2 N–H and O–H groups in total. The number of benzene rings is 1. The van der Waals surface area contributed by atoms with Gasteiger partial charge in [-0.2, -0.15) is 13.2 Å². The molecule has 2 bridgehead atoms. The molecule has 0 amide bonds. The van der Waals surface area contributed by atoms with Gasteiger partial charge in [0.15, 0.2) is 0 Å². The third kappa shape index (κ3) is 3.16. The Kier molecular flexibility index (Phi) is 4.87. The van der Waals surface area contributed by atoms with E-state index in [1.54, 1.807) is 12.4 Å². The van der Waals surface area contributed by atoms with Crippen LogP contribution in [0.1, 0.15) is 58.9 Å². The smallest absolute Gasteiger partial charge is 0.394 e. The van der Waals surface area contributed by atoms with Crippen molar-refractivity contribution in [3.05, 3.63) is 23.5 Å². The summed E-state index contributed by atoms with van der Waals surface area (Å²) in [6.45, 7) is 6.37. The topological polar surface area (TPSA) is 59.3 Å². The van der Waals surface area contributed by atoms with Gasteiger partial charge in [-0.1, -0.05) is 11.6 Å². The van der Waals surface area contributed by atoms with Crippen molar-refractivity contribution in [1.82, 2.24) is 14.9 Å². The average Bonchev–Trinajstić information content (AvgIpc) is 3.00.